The molecule has 0 saturated heterocycles. The number of hydrogen-bond acceptors (Lipinski definition) is 3. The molecule has 0 amide bonds. The van der Waals surface area contributed by atoms with Crippen LogP contribution in [-0.4, -0.2) is 23.6 Å². The fraction of sp³-hybridized carbons (Fsp3) is 0.857. The largest absolute Gasteiger partial charge is 0.345 e. The van der Waals surface area contributed by atoms with Gasteiger partial charge in [0.05, 0.1) is 6.61 Å². The van der Waals surface area contributed by atoms with Crippen molar-refractivity contribution in [3.8, 4) is 0 Å². The Balaban J connectivity index is 2.30. The third-order valence-electron chi connectivity index (χ3n) is 1.33. The molecule has 0 saturated carbocycles. The molecule has 0 aromatic heterocycles. The van der Waals surface area contributed by atoms with Gasteiger partial charge < -0.3 is 4.74 Å². The summed E-state index contributed by atoms with van der Waals surface area (Å²) in [5.74, 6) is 0.986. The fourth-order valence-corrected chi connectivity index (χ4v) is 1.58. The molecule has 1 rings (SSSR count). The Morgan fingerprint density at radius 3 is 3.10 bits per heavy atom. The first-order valence-electron chi connectivity index (χ1n) is 3.58. The van der Waals surface area contributed by atoms with Gasteiger partial charge in [-0.1, -0.05) is 18.7 Å². The van der Waals surface area contributed by atoms with Crippen LogP contribution < -0.4 is 0 Å². The molecule has 0 radical (unpaired) electrons. The van der Waals surface area contributed by atoms with Gasteiger partial charge in [0.25, 0.3) is 0 Å². The third-order valence-corrected chi connectivity index (χ3v) is 2.40. The van der Waals surface area contributed by atoms with Crippen LogP contribution >= 0.6 is 11.8 Å². The average Bonchev–Trinajstić information content (AvgIpc) is 2.33. The summed E-state index contributed by atoms with van der Waals surface area (Å²) in [5, 5.41) is -0.268. The van der Waals surface area contributed by atoms with Crippen LogP contribution in [0, 0.1) is 0 Å². The Morgan fingerprint density at radius 2 is 2.60 bits per heavy atom. The van der Waals surface area contributed by atoms with Gasteiger partial charge in [-0.05, 0) is 13.3 Å². The highest BCUT2D eigenvalue weighted by molar-refractivity contribution is 8.01. The normalized spacial score (nSPS) is 31.4. The summed E-state index contributed by atoms with van der Waals surface area (Å²) in [4.78, 5) is 4.22. The predicted octanol–water partition coefficient (Wildman–Crippen LogP) is 1.90. The number of ether oxygens (including phenoxy) is 1. The average molecular weight is 159 g/mol. The van der Waals surface area contributed by atoms with Crippen LogP contribution in [0.5, 0.6) is 0 Å². The smallest absolute Gasteiger partial charge is 0.204 e. The van der Waals surface area contributed by atoms with E-state index in [-0.39, 0.29) is 5.06 Å². The van der Waals surface area contributed by atoms with Crippen LogP contribution in [-0.2, 0) is 4.74 Å². The van der Waals surface area contributed by atoms with Gasteiger partial charge in [-0.15, -0.1) is 0 Å². The van der Waals surface area contributed by atoms with Crippen molar-refractivity contribution in [2.45, 2.75) is 25.3 Å². The van der Waals surface area contributed by atoms with E-state index in [9.17, 15) is 0 Å². The molecule has 2 nitrogen and oxygen atoms in total. The van der Waals surface area contributed by atoms with Crippen molar-refractivity contribution in [1.29, 1.82) is 0 Å². The highest BCUT2D eigenvalue weighted by Gasteiger charge is 2.26. The van der Waals surface area contributed by atoms with Crippen LogP contribution in [0.15, 0.2) is 4.99 Å². The summed E-state index contributed by atoms with van der Waals surface area (Å²) >= 11 is 1.74. The summed E-state index contributed by atoms with van der Waals surface area (Å²) < 4.78 is 5.50. The highest BCUT2D eigenvalue weighted by atomic mass is 32.2. The molecule has 10 heavy (non-hydrogen) atoms. The van der Waals surface area contributed by atoms with Crippen LogP contribution in [0.3, 0.4) is 0 Å². The van der Waals surface area contributed by atoms with Crippen LogP contribution in [0.4, 0.5) is 0 Å². The minimum atomic E-state index is -0.268. The molecule has 0 N–H and O–H groups in total. The molecule has 1 heterocycles. The Hall–Kier alpha value is -0.0200. The molecule has 58 valence electrons. The minimum Gasteiger partial charge on any atom is -0.345 e. The maximum atomic E-state index is 5.50. The zero-order chi connectivity index (χ0) is 7.45. The van der Waals surface area contributed by atoms with E-state index in [4.69, 9.17) is 4.74 Å². The van der Waals surface area contributed by atoms with Gasteiger partial charge in [0.15, 0.2) is 0 Å². The highest BCUT2D eigenvalue weighted by Crippen LogP contribution is 2.31. The van der Waals surface area contributed by atoms with E-state index in [2.05, 4.69) is 11.9 Å². The zero-order valence-electron chi connectivity index (χ0n) is 6.46. The summed E-state index contributed by atoms with van der Waals surface area (Å²) in [7, 11) is 0. The minimum absolute atomic E-state index is 0.268. The first kappa shape index (κ1) is 8.08. The third kappa shape index (κ3) is 1.99. The molecule has 1 aliphatic heterocycles. The molecule has 0 spiro atoms. The maximum absolute atomic E-state index is 5.50. The molecule has 0 aliphatic carbocycles. The van der Waals surface area contributed by atoms with Gasteiger partial charge in [-0.25, -0.2) is 0 Å². The lowest BCUT2D eigenvalue weighted by Gasteiger charge is -2.19. The Kier molecular flexibility index (Phi) is 2.74. The van der Waals surface area contributed by atoms with Gasteiger partial charge in [0.1, 0.15) is 0 Å². The first-order valence-corrected chi connectivity index (χ1v) is 4.57. The van der Waals surface area contributed by atoms with Gasteiger partial charge in [-0.2, -0.15) is 0 Å². The van der Waals surface area contributed by atoms with E-state index in [0.717, 1.165) is 18.8 Å². The van der Waals surface area contributed by atoms with Crippen LogP contribution in [0.2, 0.25) is 0 Å². The van der Waals surface area contributed by atoms with Gasteiger partial charge in [0.2, 0.25) is 5.06 Å². The number of nitrogens with zero attached hydrogens (tertiary/aromatic N) is 1. The van der Waals surface area contributed by atoms with E-state index in [1.165, 1.54) is 0 Å². The molecule has 0 aromatic rings. The Morgan fingerprint density at radius 1 is 1.80 bits per heavy atom. The second-order valence-corrected chi connectivity index (χ2v) is 3.75. The van der Waals surface area contributed by atoms with Gasteiger partial charge >= 0.3 is 0 Å². The molecule has 0 fully saturated rings. The lowest BCUT2D eigenvalue weighted by molar-refractivity contribution is 0.0480. The molecule has 3 heteroatoms. The molecular weight excluding hydrogens is 146 g/mol. The molecule has 1 unspecified atom stereocenters. The van der Waals surface area contributed by atoms with Crippen molar-refractivity contribution in [3.05, 3.63) is 0 Å². The Bertz CT molecular complexity index is 138. The van der Waals surface area contributed by atoms with Gasteiger partial charge in [0, 0.05) is 12.0 Å². The number of hydrogen-bond donors (Lipinski definition) is 0. The summed E-state index contributed by atoms with van der Waals surface area (Å²) in [6, 6.07) is 0. The monoisotopic (exact) mass is 159 g/mol. The van der Waals surface area contributed by atoms with E-state index in [1.807, 2.05) is 13.1 Å². The quantitative estimate of drug-likeness (QED) is 0.627. The topological polar surface area (TPSA) is 21.6 Å². The van der Waals surface area contributed by atoms with Crippen molar-refractivity contribution >= 4 is 18.0 Å². The number of rotatable bonds is 3. The summed E-state index contributed by atoms with van der Waals surface area (Å²) in [6.07, 6.45) is 2.98. The standard InChI is InChI=1S/C7H13NOS/c1-3-5-9-7(2)8-4-6-10-7/h4H,3,5-6H2,1-2H3. The van der Waals surface area contributed by atoms with E-state index < -0.39 is 0 Å². The fourth-order valence-electron chi connectivity index (χ4n) is 0.803. The van der Waals surface area contributed by atoms with Crippen molar-refractivity contribution < 1.29 is 4.74 Å². The van der Waals surface area contributed by atoms with Crippen molar-refractivity contribution in [2.24, 2.45) is 4.99 Å². The molecule has 0 aromatic carbocycles. The summed E-state index contributed by atoms with van der Waals surface area (Å²) in [5.41, 5.74) is 0. The van der Waals surface area contributed by atoms with Crippen LogP contribution in [0.25, 0.3) is 0 Å². The molecular formula is C7H13NOS. The Labute approximate surface area is 66.1 Å². The first-order chi connectivity index (χ1) is 4.77. The van der Waals surface area contributed by atoms with Crippen molar-refractivity contribution in [3.63, 3.8) is 0 Å². The maximum Gasteiger partial charge on any atom is 0.204 e. The zero-order valence-corrected chi connectivity index (χ0v) is 7.28. The lowest BCUT2D eigenvalue weighted by atomic mass is 10.5. The second kappa shape index (κ2) is 3.39. The second-order valence-electron chi connectivity index (χ2n) is 2.37. The van der Waals surface area contributed by atoms with Crippen molar-refractivity contribution in [1.82, 2.24) is 0 Å². The SMILES string of the molecule is CCCOC1(C)N=CCS1. The summed E-state index contributed by atoms with van der Waals surface area (Å²) in [6.45, 7) is 4.92. The molecule has 0 bridgehead atoms. The van der Waals surface area contributed by atoms with E-state index in [1.54, 1.807) is 11.8 Å². The number of thioether (sulfide) groups is 1. The van der Waals surface area contributed by atoms with Gasteiger partial charge in [-0.3, -0.25) is 4.99 Å². The van der Waals surface area contributed by atoms with E-state index >= 15 is 0 Å². The van der Waals surface area contributed by atoms with Crippen LogP contribution in [0.1, 0.15) is 20.3 Å². The van der Waals surface area contributed by atoms with E-state index in [0.29, 0.717) is 0 Å². The predicted molar refractivity (Wildman–Crippen MR) is 45.6 cm³/mol. The molecule has 1 aliphatic rings. The van der Waals surface area contributed by atoms with Crippen molar-refractivity contribution in [2.75, 3.05) is 12.4 Å². The number of aliphatic imine (C=N–C) groups is 1. The lowest BCUT2D eigenvalue weighted by Crippen LogP contribution is -2.19. The molecule has 1 atom stereocenters.